The molecule has 102 valence electrons. The minimum Gasteiger partial charge on any atom is -0.489 e. The second kappa shape index (κ2) is 6.41. The maximum Gasteiger partial charge on any atom is 0.142 e. The Morgan fingerprint density at radius 1 is 1.39 bits per heavy atom. The number of hydrogen-bond donors (Lipinski definition) is 2. The van der Waals surface area contributed by atoms with Crippen molar-refractivity contribution in [3.63, 3.8) is 0 Å². The lowest BCUT2D eigenvalue weighted by Gasteiger charge is -2.22. The molecule has 1 aromatic carbocycles. The van der Waals surface area contributed by atoms with Crippen LogP contribution >= 0.6 is 11.6 Å². The molecule has 0 aromatic heterocycles. The zero-order valence-corrected chi connectivity index (χ0v) is 12.2. The van der Waals surface area contributed by atoms with Crippen molar-refractivity contribution in [2.75, 3.05) is 6.61 Å². The van der Waals surface area contributed by atoms with E-state index < -0.39 is 6.10 Å². The Labute approximate surface area is 114 Å². The molecule has 0 amide bonds. The number of aliphatic hydroxyl groups excluding tert-OH is 1. The van der Waals surface area contributed by atoms with Crippen LogP contribution in [0.2, 0.25) is 5.02 Å². The van der Waals surface area contributed by atoms with Gasteiger partial charge in [0.25, 0.3) is 0 Å². The topological polar surface area (TPSA) is 41.5 Å². The summed E-state index contributed by atoms with van der Waals surface area (Å²) in [4.78, 5) is 0. The molecular weight excluding hydrogens is 250 g/mol. The molecule has 0 spiro atoms. The van der Waals surface area contributed by atoms with Crippen molar-refractivity contribution in [3.8, 4) is 5.75 Å². The van der Waals surface area contributed by atoms with Gasteiger partial charge in [0, 0.05) is 17.6 Å². The second-order valence-electron chi connectivity index (χ2n) is 5.49. The highest BCUT2D eigenvalue weighted by Crippen LogP contribution is 2.29. The molecule has 3 nitrogen and oxygen atoms in total. The predicted molar refractivity (Wildman–Crippen MR) is 75.2 cm³/mol. The molecule has 2 N–H and O–H groups in total. The second-order valence-corrected chi connectivity index (χ2v) is 5.90. The quantitative estimate of drug-likeness (QED) is 0.865. The van der Waals surface area contributed by atoms with Gasteiger partial charge < -0.3 is 15.2 Å². The summed E-state index contributed by atoms with van der Waals surface area (Å²) in [6.45, 7) is 8.92. The first-order valence-electron chi connectivity index (χ1n) is 6.13. The highest BCUT2D eigenvalue weighted by molar-refractivity contribution is 6.32. The lowest BCUT2D eigenvalue weighted by atomic mass is 10.1. The number of aliphatic hydroxyl groups is 1. The van der Waals surface area contributed by atoms with E-state index in [2.05, 4.69) is 26.1 Å². The van der Waals surface area contributed by atoms with Gasteiger partial charge >= 0.3 is 0 Å². The largest absolute Gasteiger partial charge is 0.489 e. The van der Waals surface area contributed by atoms with E-state index in [-0.39, 0.29) is 12.1 Å². The number of ether oxygens (including phenoxy) is 1. The van der Waals surface area contributed by atoms with Crippen LogP contribution in [0, 0.1) is 0 Å². The SMILES string of the molecule is CC(O)COc1c(Cl)cccc1CNC(C)(C)C. The van der Waals surface area contributed by atoms with Gasteiger partial charge in [-0.3, -0.25) is 0 Å². The summed E-state index contributed by atoms with van der Waals surface area (Å²) in [6, 6.07) is 5.67. The monoisotopic (exact) mass is 271 g/mol. The van der Waals surface area contributed by atoms with Crippen LogP contribution in [0.3, 0.4) is 0 Å². The van der Waals surface area contributed by atoms with Crippen LogP contribution in [0.15, 0.2) is 18.2 Å². The molecule has 1 atom stereocenters. The van der Waals surface area contributed by atoms with Gasteiger partial charge in [0.05, 0.1) is 11.1 Å². The van der Waals surface area contributed by atoms with E-state index in [1.165, 1.54) is 0 Å². The molecule has 0 saturated carbocycles. The number of rotatable bonds is 5. The zero-order chi connectivity index (χ0) is 13.8. The van der Waals surface area contributed by atoms with Crippen LogP contribution in [0.25, 0.3) is 0 Å². The molecule has 1 rings (SSSR count). The normalized spacial score (nSPS) is 13.4. The third-order valence-electron chi connectivity index (χ3n) is 2.33. The van der Waals surface area contributed by atoms with Gasteiger partial charge in [-0.15, -0.1) is 0 Å². The maximum absolute atomic E-state index is 9.27. The minimum absolute atomic E-state index is 0.0316. The smallest absolute Gasteiger partial charge is 0.142 e. The van der Waals surface area contributed by atoms with E-state index in [1.54, 1.807) is 13.0 Å². The van der Waals surface area contributed by atoms with E-state index in [1.807, 2.05) is 12.1 Å². The van der Waals surface area contributed by atoms with Gasteiger partial charge in [-0.2, -0.15) is 0 Å². The molecule has 0 radical (unpaired) electrons. The Hall–Kier alpha value is -0.770. The third kappa shape index (κ3) is 5.25. The van der Waals surface area contributed by atoms with Crippen molar-refractivity contribution in [1.29, 1.82) is 0 Å². The van der Waals surface area contributed by atoms with Crippen molar-refractivity contribution in [1.82, 2.24) is 5.32 Å². The third-order valence-corrected chi connectivity index (χ3v) is 2.62. The summed E-state index contributed by atoms with van der Waals surface area (Å²) in [7, 11) is 0. The van der Waals surface area contributed by atoms with Crippen LogP contribution < -0.4 is 10.1 Å². The Morgan fingerprint density at radius 3 is 2.61 bits per heavy atom. The van der Waals surface area contributed by atoms with Gasteiger partial charge in [0.1, 0.15) is 12.4 Å². The molecular formula is C14H22ClNO2. The Balaban J connectivity index is 2.80. The molecule has 0 heterocycles. The maximum atomic E-state index is 9.27. The highest BCUT2D eigenvalue weighted by atomic mass is 35.5. The van der Waals surface area contributed by atoms with Gasteiger partial charge in [-0.25, -0.2) is 0 Å². The summed E-state index contributed by atoms with van der Waals surface area (Å²) < 4.78 is 5.57. The molecule has 0 aliphatic heterocycles. The molecule has 1 aromatic rings. The average molecular weight is 272 g/mol. The van der Waals surface area contributed by atoms with Crippen molar-refractivity contribution >= 4 is 11.6 Å². The fourth-order valence-corrected chi connectivity index (χ4v) is 1.67. The molecule has 1 unspecified atom stereocenters. The lowest BCUT2D eigenvalue weighted by Crippen LogP contribution is -2.35. The zero-order valence-electron chi connectivity index (χ0n) is 11.5. The van der Waals surface area contributed by atoms with E-state index in [0.29, 0.717) is 17.3 Å². The number of benzene rings is 1. The molecule has 0 aliphatic rings. The molecule has 0 bridgehead atoms. The first kappa shape index (κ1) is 15.3. The first-order valence-corrected chi connectivity index (χ1v) is 6.50. The van der Waals surface area contributed by atoms with E-state index in [4.69, 9.17) is 16.3 Å². The highest BCUT2D eigenvalue weighted by Gasteiger charge is 2.13. The number of nitrogens with one attached hydrogen (secondary N) is 1. The van der Waals surface area contributed by atoms with Crippen molar-refractivity contribution < 1.29 is 9.84 Å². The number of hydrogen-bond acceptors (Lipinski definition) is 3. The summed E-state index contributed by atoms with van der Waals surface area (Å²) in [6.07, 6.45) is -0.510. The van der Waals surface area contributed by atoms with E-state index >= 15 is 0 Å². The Morgan fingerprint density at radius 2 is 2.06 bits per heavy atom. The molecule has 4 heteroatoms. The molecule has 0 fully saturated rings. The summed E-state index contributed by atoms with van der Waals surface area (Å²) in [5, 5.41) is 13.2. The Kier molecular flexibility index (Phi) is 5.45. The number of halogens is 1. The van der Waals surface area contributed by atoms with Crippen molar-refractivity contribution in [2.24, 2.45) is 0 Å². The van der Waals surface area contributed by atoms with E-state index in [0.717, 1.165) is 5.56 Å². The van der Waals surface area contributed by atoms with Gasteiger partial charge in [-0.05, 0) is 33.8 Å². The summed E-state index contributed by atoms with van der Waals surface area (Å²) in [5.74, 6) is 0.650. The number of para-hydroxylation sites is 1. The van der Waals surface area contributed by atoms with Crippen LogP contribution in [0.5, 0.6) is 5.75 Å². The fourth-order valence-electron chi connectivity index (χ4n) is 1.42. The molecule has 18 heavy (non-hydrogen) atoms. The van der Waals surface area contributed by atoms with Crippen LogP contribution in [0.4, 0.5) is 0 Å². The van der Waals surface area contributed by atoms with Crippen molar-refractivity contribution in [2.45, 2.75) is 45.9 Å². The van der Waals surface area contributed by atoms with Gasteiger partial charge in [0.15, 0.2) is 0 Å². The molecule has 0 saturated heterocycles. The van der Waals surface area contributed by atoms with Crippen LogP contribution in [-0.2, 0) is 6.54 Å². The van der Waals surface area contributed by atoms with Crippen LogP contribution in [-0.4, -0.2) is 23.4 Å². The van der Waals surface area contributed by atoms with Gasteiger partial charge in [-0.1, -0.05) is 23.7 Å². The summed E-state index contributed by atoms with van der Waals surface area (Å²) in [5.41, 5.74) is 1.03. The Bertz CT molecular complexity index is 386. The standard InChI is InChI=1S/C14H22ClNO2/c1-10(17)9-18-13-11(6-5-7-12(13)15)8-16-14(2,3)4/h5-7,10,16-17H,8-9H2,1-4H3. The molecule has 0 aliphatic carbocycles. The average Bonchev–Trinajstić information content (AvgIpc) is 2.23. The first-order chi connectivity index (χ1) is 8.29. The van der Waals surface area contributed by atoms with Crippen molar-refractivity contribution in [3.05, 3.63) is 28.8 Å². The summed E-state index contributed by atoms with van der Waals surface area (Å²) >= 11 is 6.13. The van der Waals surface area contributed by atoms with Crippen LogP contribution in [0.1, 0.15) is 33.3 Å². The fraction of sp³-hybridized carbons (Fsp3) is 0.571. The van der Waals surface area contributed by atoms with E-state index in [9.17, 15) is 5.11 Å². The lowest BCUT2D eigenvalue weighted by molar-refractivity contribution is 0.122. The minimum atomic E-state index is -0.510. The van der Waals surface area contributed by atoms with Gasteiger partial charge in [0.2, 0.25) is 0 Å². The predicted octanol–water partition coefficient (Wildman–Crippen LogP) is 2.99.